The molecule has 2 N–H and O–H groups in total. The van der Waals surface area contributed by atoms with E-state index in [9.17, 15) is 13.5 Å². The summed E-state index contributed by atoms with van der Waals surface area (Å²) in [6.45, 7) is 5.54. The number of hydrogen-bond acceptors (Lipinski definition) is 3. The Morgan fingerprint density at radius 1 is 1.29 bits per heavy atom. The molecule has 118 valence electrons. The van der Waals surface area contributed by atoms with Gasteiger partial charge in [-0.15, -0.1) is 0 Å². The zero-order chi connectivity index (χ0) is 15.6. The minimum Gasteiger partial charge on any atom is -0.392 e. The Bertz CT molecular complexity index is 606. The van der Waals surface area contributed by atoms with Crippen LogP contribution < -0.4 is 4.72 Å². The lowest BCUT2D eigenvalue weighted by Gasteiger charge is -2.18. The molecule has 0 spiro atoms. The van der Waals surface area contributed by atoms with E-state index in [0.717, 1.165) is 24.0 Å². The van der Waals surface area contributed by atoms with Crippen LogP contribution in [0.2, 0.25) is 0 Å². The van der Waals surface area contributed by atoms with E-state index in [1.54, 1.807) is 13.0 Å². The highest BCUT2D eigenvalue weighted by atomic mass is 32.2. The maximum absolute atomic E-state index is 12.6. The van der Waals surface area contributed by atoms with Gasteiger partial charge in [0.1, 0.15) is 0 Å². The highest BCUT2D eigenvalue weighted by Crippen LogP contribution is 2.34. The van der Waals surface area contributed by atoms with Crippen molar-refractivity contribution in [3.8, 4) is 0 Å². The second kappa shape index (κ2) is 6.46. The van der Waals surface area contributed by atoms with Crippen LogP contribution in [0, 0.1) is 19.8 Å². The van der Waals surface area contributed by atoms with Crippen LogP contribution in [0.25, 0.3) is 0 Å². The average molecular weight is 311 g/mol. The van der Waals surface area contributed by atoms with Gasteiger partial charge in [-0.1, -0.05) is 25.8 Å². The molecule has 1 aliphatic carbocycles. The summed E-state index contributed by atoms with van der Waals surface area (Å²) in [7, 11) is -3.53. The quantitative estimate of drug-likeness (QED) is 0.813. The Balaban J connectivity index is 2.25. The minimum atomic E-state index is -3.53. The lowest BCUT2D eigenvalue weighted by molar-refractivity contribution is 0.280. The number of aliphatic hydroxyl groups is 1. The van der Waals surface area contributed by atoms with E-state index in [2.05, 4.69) is 4.72 Å². The van der Waals surface area contributed by atoms with E-state index in [-0.39, 0.29) is 17.5 Å². The molecule has 0 amide bonds. The monoisotopic (exact) mass is 311 g/mol. The van der Waals surface area contributed by atoms with Gasteiger partial charge in [-0.25, -0.2) is 13.1 Å². The van der Waals surface area contributed by atoms with Crippen molar-refractivity contribution < 1.29 is 13.5 Å². The van der Waals surface area contributed by atoms with E-state index in [1.807, 2.05) is 19.9 Å². The SMILES string of the molecule is CCC(CC1CC1)NS(=O)(=O)c1cc(CO)c(C)cc1C. The predicted molar refractivity (Wildman–Crippen MR) is 83.6 cm³/mol. The van der Waals surface area contributed by atoms with E-state index in [4.69, 9.17) is 0 Å². The van der Waals surface area contributed by atoms with Crippen LogP contribution in [-0.2, 0) is 16.6 Å². The van der Waals surface area contributed by atoms with E-state index in [0.29, 0.717) is 11.5 Å². The zero-order valence-electron chi connectivity index (χ0n) is 13.0. The predicted octanol–water partition coefficient (Wildman–Crippen LogP) is 2.65. The van der Waals surface area contributed by atoms with Crippen molar-refractivity contribution in [3.05, 3.63) is 28.8 Å². The fourth-order valence-electron chi connectivity index (χ4n) is 2.67. The standard InChI is InChI=1S/C16H25NO3S/c1-4-15(8-13-5-6-13)17-21(19,20)16-9-14(10-18)11(2)7-12(16)3/h7,9,13,15,17-18H,4-6,8,10H2,1-3H3. The van der Waals surface area contributed by atoms with Crippen molar-refractivity contribution in [2.75, 3.05) is 0 Å². The van der Waals surface area contributed by atoms with Crippen LogP contribution in [0.4, 0.5) is 0 Å². The number of hydrogen-bond donors (Lipinski definition) is 2. The largest absolute Gasteiger partial charge is 0.392 e. The molecule has 1 fully saturated rings. The molecule has 0 saturated heterocycles. The Morgan fingerprint density at radius 3 is 2.48 bits per heavy atom. The highest BCUT2D eigenvalue weighted by Gasteiger charge is 2.28. The molecule has 21 heavy (non-hydrogen) atoms. The summed E-state index contributed by atoms with van der Waals surface area (Å²) in [5.74, 6) is 0.685. The smallest absolute Gasteiger partial charge is 0.241 e. The minimum absolute atomic E-state index is 0.000722. The summed E-state index contributed by atoms with van der Waals surface area (Å²) in [4.78, 5) is 0.284. The first-order valence-corrected chi connectivity index (χ1v) is 9.09. The fraction of sp³-hybridized carbons (Fsp3) is 0.625. The first-order chi connectivity index (χ1) is 9.87. The van der Waals surface area contributed by atoms with Gasteiger partial charge in [-0.2, -0.15) is 0 Å². The summed E-state index contributed by atoms with van der Waals surface area (Å²) in [6.07, 6.45) is 4.16. The van der Waals surface area contributed by atoms with Crippen LogP contribution in [0.5, 0.6) is 0 Å². The molecule has 0 aliphatic heterocycles. The number of nitrogens with one attached hydrogen (secondary N) is 1. The first-order valence-electron chi connectivity index (χ1n) is 7.60. The molecule has 1 atom stereocenters. The lowest BCUT2D eigenvalue weighted by atomic mass is 10.1. The average Bonchev–Trinajstić information content (AvgIpc) is 3.21. The van der Waals surface area contributed by atoms with Gasteiger partial charge >= 0.3 is 0 Å². The summed E-state index contributed by atoms with van der Waals surface area (Å²) in [5, 5.41) is 9.34. The van der Waals surface area contributed by atoms with Crippen LogP contribution >= 0.6 is 0 Å². The molecule has 1 aromatic rings. The molecule has 4 nitrogen and oxygen atoms in total. The molecule has 0 aromatic heterocycles. The van der Waals surface area contributed by atoms with Crippen molar-refractivity contribution >= 4 is 10.0 Å². The first kappa shape index (κ1) is 16.5. The number of aliphatic hydroxyl groups excluding tert-OH is 1. The maximum atomic E-state index is 12.6. The molecule has 0 heterocycles. The van der Waals surface area contributed by atoms with Crippen LogP contribution in [0.15, 0.2) is 17.0 Å². The lowest BCUT2D eigenvalue weighted by Crippen LogP contribution is -2.35. The molecule has 0 radical (unpaired) electrons. The third-order valence-corrected chi connectivity index (χ3v) is 5.89. The van der Waals surface area contributed by atoms with E-state index in [1.165, 1.54) is 12.8 Å². The molecule has 5 heteroatoms. The Labute approximate surface area is 127 Å². The molecule has 1 aliphatic rings. The Kier molecular flexibility index (Phi) is 5.07. The number of sulfonamides is 1. The van der Waals surface area contributed by atoms with Crippen molar-refractivity contribution in [2.45, 2.75) is 64.0 Å². The maximum Gasteiger partial charge on any atom is 0.241 e. The molecular formula is C16H25NO3S. The third-order valence-electron chi connectivity index (χ3n) is 4.22. The topological polar surface area (TPSA) is 66.4 Å². The van der Waals surface area contributed by atoms with Crippen molar-refractivity contribution in [1.29, 1.82) is 0 Å². The molecular weight excluding hydrogens is 286 g/mol. The summed E-state index contributed by atoms with van der Waals surface area (Å²) in [5.41, 5.74) is 2.30. The van der Waals surface area contributed by atoms with Gasteiger partial charge in [-0.05, 0) is 55.4 Å². The van der Waals surface area contributed by atoms with Gasteiger partial charge < -0.3 is 5.11 Å². The van der Waals surface area contributed by atoms with Crippen molar-refractivity contribution in [1.82, 2.24) is 4.72 Å². The van der Waals surface area contributed by atoms with Crippen LogP contribution in [0.3, 0.4) is 0 Å². The summed E-state index contributed by atoms with van der Waals surface area (Å²) in [6, 6.07) is 3.42. The number of aryl methyl sites for hydroxylation is 2. The number of benzene rings is 1. The van der Waals surface area contributed by atoms with E-state index < -0.39 is 10.0 Å². The molecule has 1 aromatic carbocycles. The highest BCUT2D eigenvalue weighted by molar-refractivity contribution is 7.89. The molecule has 1 unspecified atom stereocenters. The van der Waals surface area contributed by atoms with Gasteiger partial charge in [0, 0.05) is 6.04 Å². The van der Waals surface area contributed by atoms with Crippen molar-refractivity contribution in [2.24, 2.45) is 5.92 Å². The molecule has 0 bridgehead atoms. The normalized spacial score (nSPS) is 17.0. The Morgan fingerprint density at radius 2 is 1.95 bits per heavy atom. The van der Waals surface area contributed by atoms with Gasteiger partial charge in [0.15, 0.2) is 0 Å². The third kappa shape index (κ3) is 4.05. The van der Waals surface area contributed by atoms with Crippen LogP contribution in [0.1, 0.15) is 49.3 Å². The second-order valence-corrected chi connectivity index (χ2v) is 7.79. The van der Waals surface area contributed by atoms with Gasteiger partial charge in [0.25, 0.3) is 0 Å². The van der Waals surface area contributed by atoms with E-state index >= 15 is 0 Å². The van der Waals surface area contributed by atoms with Gasteiger partial charge in [-0.3, -0.25) is 0 Å². The summed E-state index contributed by atoms with van der Waals surface area (Å²) < 4.78 is 28.1. The Hall–Kier alpha value is -0.910. The summed E-state index contributed by atoms with van der Waals surface area (Å²) >= 11 is 0. The van der Waals surface area contributed by atoms with Crippen LogP contribution in [-0.4, -0.2) is 19.6 Å². The number of rotatable bonds is 7. The molecule has 2 rings (SSSR count). The van der Waals surface area contributed by atoms with Gasteiger partial charge in [0.2, 0.25) is 10.0 Å². The fourth-order valence-corrected chi connectivity index (χ4v) is 4.28. The zero-order valence-corrected chi connectivity index (χ0v) is 13.8. The molecule has 1 saturated carbocycles. The second-order valence-electron chi connectivity index (χ2n) is 6.11. The van der Waals surface area contributed by atoms with Crippen molar-refractivity contribution in [3.63, 3.8) is 0 Å². The van der Waals surface area contributed by atoms with Gasteiger partial charge in [0.05, 0.1) is 11.5 Å².